The number of hydrogen-bond donors (Lipinski definition) is 1. The number of likely N-dealkylation sites (tertiary alicyclic amines) is 1. The number of halogens is 4. The minimum atomic E-state index is -0.766. The summed E-state index contributed by atoms with van der Waals surface area (Å²) in [5.74, 6) is 1.05. The van der Waals surface area contributed by atoms with Crippen LogP contribution in [0.5, 0.6) is 5.75 Å². The molecule has 3 unspecified atom stereocenters. The Morgan fingerprint density at radius 3 is 2.35 bits per heavy atom. The Morgan fingerprint density at radius 1 is 1.08 bits per heavy atom. The zero-order valence-corrected chi connectivity index (χ0v) is 32.0. The lowest BCUT2D eigenvalue weighted by Gasteiger charge is -2.35. The first-order valence-electron chi connectivity index (χ1n) is 16.8. The van der Waals surface area contributed by atoms with E-state index in [-0.39, 0.29) is 60.9 Å². The number of aromatic nitrogens is 1. The summed E-state index contributed by atoms with van der Waals surface area (Å²) in [6.07, 6.45) is 5.82. The van der Waals surface area contributed by atoms with Crippen molar-refractivity contribution < 1.29 is 19.0 Å². The summed E-state index contributed by atoms with van der Waals surface area (Å²) in [5.41, 5.74) is 3.55. The van der Waals surface area contributed by atoms with Gasteiger partial charge in [-0.1, -0.05) is 45.0 Å². The Hall–Kier alpha value is -1.94. The number of nitrogens with zero attached hydrogens (tertiary/aromatic N) is 3. The molecule has 2 heterocycles. The number of thiazole rings is 1. The van der Waals surface area contributed by atoms with Crippen LogP contribution in [0.25, 0.3) is 0 Å². The Balaban J connectivity index is 0.00000267. The molecule has 2 aliphatic rings. The van der Waals surface area contributed by atoms with Crippen molar-refractivity contribution in [3.8, 4) is 5.75 Å². The summed E-state index contributed by atoms with van der Waals surface area (Å²) < 4.78 is 19.9. The van der Waals surface area contributed by atoms with Crippen LogP contribution in [0, 0.1) is 17.7 Å². The van der Waals surface area contributed by atoms with Gasteiger partial charge >= 0.3 is 5.97 Å². The number of hydrogen-bond acceptors (Lipinski definition) is 6. The highest BCUT2D eigenvalue weighted by Crippen LogP contribution is 2.44. The molecule has 0 spiro atoms. The topological polar surface area (TPSA) is 65.9 Å². The lowest BCUT2D eigenvalue weighted by Crippen LogP contribution is -2.47. The molecule has 1 saturated heterocycles. The molecular formula is C37H53Cl3FN3O3S. The Labute approximate surface area is 309 Å². The molecule has 0 amide bonds. The normalized spacial score (nSPS) is 20.5. The van der Waals surface area contributed by atoms with Gasteiger partial charge in [-0.15, -0.1) is 48.6 Å². The first kappa shape index (κ1) is 42.2. The van der Waals surface area contributed by atoms with Gasteiger partial charge in [-0.25, -0.2) is 9.37 Å². The molecule has 1 N–H and O–H groups in total. The number of likely N-dealkylation sites (N-methyl/N-ethyl adjacent to an activating group) is 1. The Bertz CT molecular complexity index is 1420. The number of benzene rings is 2. The van der Waals surface area contributed by atoms with Gasteiger partial charge in [-0.2, -0.15) is 0 Å². The van der Waals surface area contributed by atoms with Crippen LogP contribution in [0.2, 0.25) is 0 Å². The Kier molecular flexibility index (Phi) is 17.1. The second-order valence-electron chi connectivity index (χ2n) is 13.3. The second kappa shape index (κ2) is 19.5. The van der Waals surface area contributed by atoms with Gasteiger partial charge in [0.05, 0.1) is 17.3 Å². The van der Waals surface area contributed by atoms with Crippen molar-refractivity contribution in [3.63, 3.8) is 0 Å². The molecule has 11 heteroatoms. The smallest absolute Gasteiger partial charge is 0.321 e. The van der Waals surface area contributed by atoms with Crippen LogP contribution in [0.1, 0.15) is 91.9 Å². The van der Waals surface area contributed by atoms with Gasteiger partial charge in [0.15, 0.2) is 0 Å². The van der Waals surface area contributed by atoms with E-state index in [9.17, 15) is 14.3 Å². The maximum Gasteiger partial charge on any atom is 0.321 e. The second-order valence-corrected chi connectivity index (χ2v) is 14.5. The summed E-state index contributed by atoms with van der Waals surface area (Å²) in [6, 6.07) is 15.1. The van der Waals surface area contributed by atoms with E-state index in [0.29, 0.717) is 18.4 Å². The largest absolute Gasteiger partial charge is 0.494 e. The predicted octanol–water partition coefficient (Wildman–Crippen LogP) is 8.88. The van der Waals surface area contributed by atoms with Gasteiger partial charge in [-0.3, -0.25) is 9.69 Å². The SMILES string of the molecule is CCOc1ccc(Cc2nc(CC)c(C3CCN(CC4CC(N(C)[C@@H](C(=O)O)C(C)C)CC4c4cccc(F)c4)CC3)s2)cc1.Cl.Cl.Cl. The standard InChI is InChI=1S/C37H50FN3O3S.3ClH/c1-6-33-36(45-34(39-33)19-25-11-13-31(14-12-25)44-7-2)26-15-17-41(18-16-26)23-28-21-30(40(5)35(24(3)4)37(42)43)22-32(28)27-9-8-10-29(38)20-27;;;/h8-14,20,24,26,28,30,32,35H,6-7,15-19,21-23H2,1-5H3,(H,42,43);3*1H/t28?,30?,32?,35-;;;/m1.../s1. The van der Waals surface area contributed by atoms with Crippen LogP contribution in [-0.2, 0) is 17.6 Å². The number of aryl methyl sites for hydroxylation is 1. The highest BCUT2D eigenvalue weighted by molar-refractivity contribution is 7.11. The molecule has 6 nitrogen and oxygen atoms in total. The van der Waals surface area contributed by atoms with Crippen LogP contribution >= 0.6 is 48.6 Å². The number of carboxylic acids is 1. The van der Waals surface area contributed by atoms with E-state index in [1.165, 1.54) is 27.2 Å². The molecule has 1 aliphatic carbocycles. The van der Waals surface area contributed by atoms with E-state index in [1.807, 2.05) is 63.4 Å². The third kappa shape index (κ3) is 10.3. The summed E-state index contributed by atoms with van der Waals surface area (Å²) in [5, 5.41) is 11.2. The number of carbonyl (C=O) groups is 1. The van der Waals surface area contributed by atoms with Gasteiger partial charge in [0, 0.05) is 23.9 Å². The van der Waals surface area contributed by atoms with Gasteiger partial charge in [-0.05, 0) is 118 Å². The van der Waals surface area contributed by atoms with Crippen LogP contribution < -0.4 is 4.74 Å². The molecule has 1 saturated carbocycles. The highest BCUT2D eigenvalue weighted by atomic mass is 35.5. The average molecular weight is 745 g/mol. The van der Waals surface area contributed by atoms with Crippen molar-refractivity contribution in [2.45, 2.75) is 90.1 Å². The number of piperidine rings is 1. The van der Waals surface area contributed by atoms with E-state index in [1.54, 1.807) is 6.07 Å². The molecule has 1 aromatic heterocycles. The first-order valence-corrected chi connectivity index (χ1v) is 17.6. The van der Waals surface area contributed by atoms with Crippen molar-refractivity contribution in [1.82, 2.24) is 14.8 Å². The van der Waals surface area contributed by atoms with Crippen LogP contribution in [0.3, 0.4) is 0 Å². The maximum absolute atomic E-state index is 14.3. The predicted molar refractivity (Wildman–Crippen MR) is 202 cm³/mol. The molecule has 4 atom stereocenters. The maximum atomic E-state index is 14.3. The number of carboxylic acid groups (broad SMARTS) is 1. The van der Waals surface area contributed by atoms with Crippen molar-refractivity contribution in [3.05, 3.63) is 81.1 Å². The lowest BCUT2D eigenvalue weighted by atomic mass is 9.87. The molecule has 2 fully saturated rings. The van der Waals surface area contributed by atoms with Crippen LogP contribution in [0.4, 0.5) is 4.39 Å². The van der Waals surface area contributed by atoms with Gasteiger partial charge < -0.3 is 14.7 Å². The molecule has 268 valence electrons. The highest BCUT2D eigenvalue weighted by Gasteiger charge is 2.42. The lowest BCUT2D eigenvalue weighted by molar-refractivity contribution is -0.145. The first-order chi connectivity index (χ1) is 21.7. The molecular weight excluding hydrogens is 692 g/mol. The van der Waals surface area contributed by atoms with Gasteiger partial charge in [0.25, 0.3) is 0 Å². The van der Waals surface area contributed by atoms with E-state index in [0.717, 1.165) is 69.5 Å². The van der Waals surface area contributed by atoms with Gasteiger partial charge in [0.1, 0.15) is 17.6 Å². The molecule has 48 heavy (non-hydrogen) atoms. The summed E-state index contributed by atoms with van der Waals surface area (Å²) in [6.45, 7) is 11.9. The molecule has 0 bridgehead atoms. The summed E-state index contributed by atoms with van der Waals surface area (Å²) >= 11 is 1.89. The fraction of sp³-hybridized carbons (Fsp3) is 0.568. The van der Waals surface area contributed by atoms with Crippen molar-refractivity contribution in [2.75, 3.05) is 33.3 Å². The zero-order valence-electron chi connectivity index (χ0n) is 28.8. The number of rotatable bonds is 13. The fourth-order valence-corrected chi connectivity index (χ4v) is 9.11. The molecule has 2 aromatic carbocycles. The fourth-order valence-electron chi connectivity index (χ4n) is 7.75. The van der Waals surface area contributed by atoms with Crippen LogP contribution in [0.15, 0.2) is 48.5 Å². The van der Waals surface area contributed by atoms with Crippen molar-refractivity contribution >= 4 is 54.5 Å². The average Bonchev–Trinajstić information content (AvgIpc) is 3.62. The van der Waals surface area contributed by atoms with Crippen LogP contribution in [-0.4, -0.2) is 71.2 Å². The van der Waals surface area contributed by atoms with Crippen molar-refractivity contribution in [1.29, 1.82) is 0 Å². The molecule has 0 radical (unpaired) electrons. The monoisotopic (exact) mass is 743 g/mol. The molecule has 3 aromatic rings. The van der Waals surface area contributed by atoms with E-state index in [2.05, 4.69) is 28.9 Å². The number of ether oxygens (including phenoxy) is 1. The summed E-state index contributed by atoms with van der Waals surface area (Å²) in [4.78, 5) is 23.4. The van der Waals surface area contributed by atoms with Gasteiger partial charge in [0.2, 0.25) is 0 Å². The minimum Gasteiger partial charge on any atom is -0.494 e. The number of aliphatic carboxylic acids is 1. The quantitative estimate of drug-likeness (QED) is 0.189. The van der Waals surface area contributed by atoms with E-state index < -0.39 is 12.0 Å². The van der Waals surface area contributed by atoms with E-state index >= 15 is 0 Å². The zero-order chi connectivity index (χ0) is 32.1. The van der Waals surface area contributed by atoms with E-state index in [4.69, 9.17) is 9.72 Å². The Morgan fingerprint density at radius 2 is 1.77 bits per heavy atom. The summed E-state index contributed by atoms with van der Waals surface area (Å²) in [7, 11) is 1.96. The molecule has 5 rings (SSSR count). The molecule has 1 aliphatic heterocycles. The third-order valence-electron chi connectivity index (χ3n) is 9.99. The third-order valence-corrected chi connectivity index (χ3v) is 11.3. The van der Waals surface area contributed by atoms with Crippen molar-refractivity contribution in [2.24, 2.45) is 11.8 Å². The minimum absolute atomic E-state index is 0.